The number of ether oxygens (including phenoxy) is 1. The Morgan fingerprint density at radius 2 is 2.09 bits per heavy atom. The Hall–Kier alpha value is -3.66. The molecule has 0 radical (unpaired) electrons. The highest BCUT2D eigenvalue weighted by molar-refractivity contribution is 7.17. The molecule has 10 heteroatoms. The number of benzene rings is 1. The van der Waals surface area contributed by atoms with E-state index in [0.29, 0.717) is 40.2 Å². The molecular formula is C24H23FN4O4S. The Bertz CT molecular complexity index is 1410. The second-order valence-electron chi connectivity index (χ2n) is 8.61. The van der Waals surface area contributed by atoms with E-state index in [4.69, 9.17) is 9.84 Å². The third kappa shape index (κ3) is 3.73. The van der Waals surface area contributed by atoms with Crippen molar-refractivity contribution in [3.05, 3.63) is 47.2 Å². The summed E-state index contributed by atoms with van der Waals surface area (Å²) in [5, 5.41) is 27.3. The first-order valence-electron chi connectivity index (χ1n) is 10.9. The molecule has 2 N–H and O–H groups in total. The number of rotatable bonds is 4. The topological polar surface area (TPSA) is 101 Å². The maximum atomic E-state index is 14.2. The van der Waals surface area contributed by atoms with Gasteiger partial charge in [-0.3, -0.25) is 4.68 Å². The molecule has 0 saturated carbocycles. The first-order chi connectivity index (χ1) is 16.2. The molecule has 176 valence electrons. The number of hydrogen-bond donors (Lipinski definition) is 2. The number of carboxylic acid groups (broad SMARTS) is 1. The summed E-state index contributed by atoms with van der Waals surface area (Å²) in [5.74, 6) is -0.183. The highest BCUT2D eigenvalue weighted by Crippen LogP contribution is 2.45. The minimum atomic E-state index is -0.987. The summed E-state index contributed by atoms with van der Waals surface area (Å²) in [4.78, 5) is 17.4. The fourth-order valence-corrected chi connectivity index (χ4v) is 5.30. The number of hydrogen-bond acceptors (Lipinski definition) is 6. The lowest BCUT2D eigenvalue weighted by molar-refractivity contribution is 0.122. The molecule has 8 nitrogen and oxygen atoms in total. The van der Waals surface area contributed by atoms with Gasteiger partial charge in [-0.25, -0.2) is 14.2 Å². The van der Waals surface area contributed by atoms with Gasteiger partial charge in [0.05, 0.1) is 29.8 Å². The van der Waals surface area contributed by atoms with Gasteiger partial charge >= 0.3 is 6.09 Å². The first kappa shape index (κ1) is 22.1. The summed E-state index contributed by atoms with van der Waals surface area (Å²) in [6.45, 7) is 6.16. The molecule has 4 aromatic rings. The average molecular weight is 483 g/mol. The van der Waals surface area contributed by atoms with Gasteiger partial charge in [0.2, 0.25) is 5.88 Å². The number of thiophene rings is 1. The minimum Gasteiger partial charge on any atom is -0.493 e. The van der Waals surface area contributed by atoms with E-state index in [1.165, 1.54) is 28.4 Å². The fourth-order valence-electron chi connectivity index (χ4n) is 4.35. The van der Waals surface area contributed by atoms with E-state index in [9.17, 15) is 19.4 Å². The molecular weight excluding hydrogens is 459 g/mol. The number of pyridine rings is 1. The molecule has 3 aromatic heterocycles. The van der Waals surface area contributed by atoms with Crippen LogP contribution < -0.4 is 4.74 Å². The number of fused-ring (bicyclic) bond motifs is 2. The Morgan fingerprint density at radius 1 is 1.29 bits per heavy atom. The number of carbonyl (C=O) groups is 1. The van der Waals surface area contributed by atoms with Gasteiger partial charge in [-0.05, 0) is 50.4 Å². The zero-order valence-corrected chi connectivity index (χ0v) is 19.6. The molecule has 1 aromatic carbocycles. The monoisotopic (exact) mass is 482 g/mol. The van der Waals surface area contributed by atoms with Crippen LogP contribution in [0.1, 0.15) is 32.5 Å². The van der Waals surface area contributed by atoms with Crippen molar-refractivity contribution in [2.24, 2.45) is 0 Å². The zero-order chi connectivity index (χ0) is 24.1. The van der Waals surface area contributed by atoms with E-state index in [1.807, 2.05) is 26.2 Å². The van der Waals surface area contributed by atoms with E-state index >= 15 is 0 Å². The van der Waals surface area contributed by atoms with Crippen molar-refractivity contribution in [3.8, 4) is 34.1 Å². The third-order valence-corrected chi connectivity index (χ3v) is 6.68. The Morgan fingerprint density at radius 3 is 2.82 bits per heavy atom. The average Bonchev–Trinajstić information content (AvgIpc) is 3.42. The molecule has 0 unspecified atom stereocenters. The van der Waals surface area contributed by atoms with Gasteiger partial charge < -0.3 is 19.8 Å². The van der Waals surface area contributed by atoms with Crippen molar-refractivity contribution in [2.75, 3.05) is 6.54 Å². The smallest absolute Gasteiger partial charge is 0.407 e. The van der Waals surface area contributed by atoms with Gasteiger partial charge in [0.1, 0.15) is 23.0 Å². The lowest BCUT2D eigenvalue weighted by Gasteiger charge is -2.29. The summed E-state index contributed by atoms with van der Waals surface area (Å²) in [5.41, 5.74) is 2.96. The molecule has 0 fully saturated rings. The molecule has 0 bridgehead atoms. The van der Waals surface area contributed by atoms with E-state index in [1.54, 1.807) is 22.9 Å². The van der Waals surface area contributed by atoms with Crippen LogP contribution in [0.2, 0.25) is 0 Å². The van der Waals surface area contributed by atoms with Gasteiger partial charge in [0.25, 0.3) is 0 Å². The van der Waals surface area contributed by atoms with Gasteiger partial charge in [-0.2, -0.15) is 5.10 Å². The molecule has 0 spiro atoms. The molecule has 1 aliphatic heterocycles. The van der Waals surface area contributed by atoms with Crippen LogP contribution in [0, 0.1) is 5.82 Å². The summed E-state index contributed by atoms with van der Waals surface area (Å²) in [7, 11) is 0. The summed E-state index contributed by atoms with van der Waals surface area (Å²) in [6.07, 6.45) is -1.17. The van der Waals surface area contributed by atoms with Crippen LogP contribution >= 0.6 is 11.3 Å². The SMILES string of the molecule is CC(C)Oc1cc(F)ccc1-c1c(-c2cc3n(n2)[C@H](C)CN(C(=O)O)C3)nc(O)c2ccsc12. The molecule has 1 atom stereocenters. The minimum absolute atomic E-state index is 0.130. The normalized spacial score (nSPS) is 15.7. The van der Waals surface area contributed by atoms with Crippen LogP contribution in [0.4, 0.5) is 9.18 Å². The number of amides is 1. The third-order valence-electron chi connectivity index (χ3n) is 5.74. The standard InChI is InChI=1S/C24H23FN4O4S/c1-12(2)33-19-8-14(25)4-5-16(19)20-21(26-23(30)17-6-7-34-22(17)20)18-9-15-11-28(24(31)32)10-13(3)29(15)27-18/h4-9,12-13H,10-11H2,1-3H3,(H,26,30)(H,31,32)/t13-/m1/s1. The number of halogens is 1. The number of nitrogens with zero attached hydrogens (tertiary/aromatic N) is 4. The van der Waals surface area contributed by atoms with Crippen molar-refractivity contribution < 1.29 is 24.1 Å². The van der Waals surface area contributed by atoms with Crippen LogP contribution in [0.25, 0.3) is 32.6 Å². The summed E-state index contributed by atoms with van der Waals surface area (Å²) < 4.78 is 22.7. The van der Waals surface area contributed by atoms with E-state index in [2.05, 4.69) is 4.98 Å². The second kappa shape index (κ2) is 8.28. The van der Waals surface area contributed by atoms with Crippen LogP contribution in [0.3, 0.4) is 0 Å². The van der Waals surface area contributed by atoms with Gasteiger partial charge in [0.15, 0.2) is 0 Å². The Balaban J connectivity index is 1.75. The molecule has 5 rings (SSSR count). The van der Waals surface area contributed by atoms with Crippen molar-refractivity contribution in [1.82, 2.24) is 19.7 Å². The number of aromatic nitrogens is 3. The number of aromatic hydroxyl groups is 1. The predicted molar refractivity (Wildman–Crippen MR) is 127 cm³/mol. The van der Waals surface area contributed by atoms with Crippen LogP contribution in [0.15, 0.2) is 35.7 Å². The fraction of sp³-hybridized carbons (Fsp3) is 0.292. The van der Waals surface area contributed by atoms with Crippen molar-refractivity contribution in [3.63, 3.8) is 0 Å². The van der Waals surface area contributed by atoms with Crippen molar-refractivity contribution in [2.45, 2.75) is 39.5 Å². The maximum Gasteiger partial charge on any atom is 0.407 e. The van der Waals surface area contributed by atoms with Gasteiger partial charge in [-0.1, -0.05) is 0 Å². The summed E-state index contributed by atoms with van der Waals surface area (Å²) in [6, 6.07) is 7.77. The van der Waals surface area contributed by atoms with E-state index in [-0.39, 0.29) is 24.6 Å². The molecule has 1 amide bonds. The zero-order valence-electron chi connectivity index (χ0n) is 18.8. The van der Waals surface area contributed by atoms with Crippen LogP contribution in [-0.4, -0.2) is 48.6 Å². The molecule has 0 aliphatic carbocycles. The van der Waals surface area contributed by atoms with Gasteiger partial charge in [0, 0.05) is 28.4 Å². The van der Waals surface area contributed by atoms with E-state index in [0.717, 1.165) is 10.4 Å². The van der Waals surface area contributed by atoms with E-state index < -0.39 is 11.9 Å². The lowest BCUT2D eigenvalue weighted by Crippen LogP contribution is -2.39. The molecule has 4 heterocycles. The molecule has 1 aliphatic rings. The van der Waals surface area contributed by atoms with Crippen molar-refractivity contribution in [1.29, 1.82) is 0 Å². The molecule has 34 heavy (non-hydrogen) atoms. The highest BCUT2D eigenvalue weighted by Gasteiger charge is 2.29. The Labute approximate surface area is 198 Å². The predicted octanol–water partition coefficient (Wildman–Crippen LogP) is 5.51. The quantitative estimate of drug-likeness (QED) is 0.398. The maximum absolute atomic E-state index is 14.2. The van der Waals surface area contributed by atoms with Crippen LogP contribution in [0.5, 0.6) is 11.6 Å². The first-order valence-corrected chi connectivity index (χ1v) is 11.7. The largest absolute Gasteiger partial charge is 0.493 e. The van der Waals surface area contributed by atoms with Crippen LogP contribution in [-0.2, 0) is 6.54 Å². The second-order valence-corrected chi connectivity index (χ2v) is 9.52. The lowest BCUT2D eigenvalue weighted by atomic mass is 9.99. The van der Waals surface area contributed by atoms with Gasteiger partial charge in [-0.15, -0.1) is 11.3 Å². The molecule has 0 saturated heterocycles. The highest BCUT2D eigenvalue weighted by atomic mass is 32.1. The van der Waals surface area contributed by atoms with Crippen molar-refractivity contribution >= 4 is 27.5 Å². The summed E-state index contributed by atoms with van der Waals surface area (Å²) >= 11 is 1.43. The Kier molecular flexibility index (Phi) is 5.40.